The summed E-state index contributed by atoms with van der Waals surface area (Å²) in [5.74, 6) is 0.326. The van der Waals surface area contributed by atoms with E-state index in [9.17, 15) is 14.7 Å². The lowest BCUT2D eigenvalue weighted by Crippen LogP contribution is -2.45. The van der Waals surface area contributed by atoms with Gasteiger partial charge in [-0.15, -0.1) is 0 Å². The van der Waals surface area contributed by atoms with Crippen LogP contribution in [0.3, 0.4) is 0 Å². The second-order valence-corrected chi connectivity index (χ2v) is 8.16. The van der Waals surface area contributed by atoms with Crippen LogP contribution >= 0.6 is 0 Å². The molecule has 0 spiro atoms. The van der Waals surface area contributed by atoms with Gasteiger partial charge in [-0.1, -0.05) is 86.5 Å². The highest BCUT2D eigenvalue weighted by Crippen LogP contribution is 2.34. The van der Waals surface area contributed by atoms with Gasteiger partial charge in [0, 0.05) is 5.39 Å². The molecule has 6 heteroatoms. The fraction of sp³-hybridized carbons (Fsp3) is 0.308. The molecule has 0 saturated carbocycles. The Hall–Kier alpha value is -3.38. The number of ether oxygens (including phenoxy) is 1. The molecule has 3 aromatic rings. The number of imide groups is 1. The molecule has 6 nitrogen and oxygen atoms in total. The summed E-state index contributed by atoms with van der Waals surface area (Å²) in [7, 11) is 0. The van der Waals surface area contributed by atoms with Crippen molar-refractivity contribution >= 4 is 22.7 Å². The highest BCUT2D eigenvalue weighted by atomic mass is 16.5. The number of amides is 3. The van der Waals surface area contributed by atoms with E-state index < -0.39 is 17.7 Å². The second kappa shape index (κ2) is 9.40. The Labute approximate surface area is 187 Å². The predicted octanol–water partition coefficient (Wildman–Crippen LogP) is 4.22. The number of carbonyl (C=O) groups is 2. The summed E-state index contributed by atoms with van der Waals surface area (Å²) in [6.45, 7) is 1.89. The van der Waals surface area contributed by atoms with Crippen molar-refractivity contribution in [3.05, 3.63) is 78.4 Å². The zero-order chi connectivity index (χ0) is 22.6. The van der Waals surface area contributed by atoms with Crippen molar-refractivity contribution in [2.24, 2.45) is 0 Å². The first-order valence-corrected chi connectivity index (χ1v) is 11.0. The minimum absolute atomic E-state index is 0.0294. The van der Waals surface area contributed by atoms with Gasteiger partial charge in [-0.2, -0.15) is 0 Å². The zero-order valence-electron chi connectivity index (χ0n) is 18.2. The molecule has 166 valence electrons. The molecular weight excluding hydrogens is 404 g/mol. The number of aliphatic hydroxyl groups excluding tert-OH is 1. The van der Waals surface area contributed by atoms with E-state index in [1.165, 1.54) is 0 Å². The number of aliphatic hydroxyl groups is 1. The number of hydrogen-bond acceptors (Lipinski definition) is 4. The van der Waals surface area contributed by atoms with Gasteiger partial charge >= 0.3 is 6.03 Å². The Bertz CT molecular complexity index is 1100. The number of hydrogen-bond donors (Lipinski definition) is 2. The van der Waals surface area contributed by atoms with E-state index in [-0.39, 0.29) is 19.1 Å². The van der Waals surface area contributed by atoms with Crippen molar-refractivity contribution in [3.8, 4) is 5.75 Å². The Morgan fingerprint density at radius 2 is 1.72 bits per heavy atom. The first-order chi connectivity index (χ1) is 15.5. The fourth-order valence-corrected chi connectivity index (χ4v) is 4.24. The second-order valence-electron chi connectivity index (χ2n) is 8.16. The van der Waals surface area contributed by atoms with Crippen LogP contribution in [-0.2, 0) is 10.3 Å². The van der Waals surface area contributed by atoms with E-state index in [0.29, 0.717) is 12.2 Å². The summed E-state index contributed by atoms with van der Waals surface area (Å²) in [5, 5.41) is 15.5. The highest BCUT2D eigenvalue weighted by Gasteiger charge is 2.52. The number of β-amino-alcohol motifs (C(OH)–C–C–N with tert-alkyl or cyclic N) is 1. The number of fused-ring (bicyclic) bond motifs is 1. The van der Waals surface area contributed by atoms with Gasteiger partial charge in [-0.05, 0) is 23.4 Å². The third kappa shape index (κ3) is 4.18. The van der Waals surface area contributed by atoms with Crippen LogP contribution in [0.2, 0.25) is 0 Å². The molecule has 1 saturated heterocycles. The van der Waals surface area contributed by atoms with E-state index in [1.54, 1.807) is 0 Å². The lowest BCUT2D eigenvalue weighted by atomic mass is 9.85. The van der Waals surface area contributed by atoms with Gasteiger partial charge in [0.2, 0.25) is 0 Å². The Morgan fingerprint density at radius 1 is 1.00 bits per heavy atom. The summed E-state index contributed by atoms with van der Waals surface area (Å²) < 4.78 is 5.84. The maximum atomic E-state index is 13.4. The van der Waals surface area contributed by atoms with Crippen LogP contribution in [0.15, 0.2) is 72.8 Å². The molecule has 0 bridgehead atoms. The van der Waals surface area contributed by atoms with Crippen LogP contribution < -0.4 is 10.1 Å². The molecule has 3 amide bonds. The van der Waals surface area contributed by atoms with Gasteiger partial charge in [0.1, 0.15) is 24.0 Å². The van der Waals surface area contributed by atoms with Gasteiger partial charge < -0.3 is 15.2 Å². The number of carbonyl (C=O) groups excluding carboxylic acids is 2. The van der Waals surface area contributed by atoms with Crippen LogP contribution in [-0.4, -0.2) is 41.2 Å². The van der Waals surface area contributed by atoms with Crippen LogP contribution in [0.1, 0.15) is 31.7 Å². The van der Waals surface area contributed by atoms with Crippen LogP contribution in [0.5, 0.6) is 5.75 Å². The summed E-state index contributed by atoms with van der Waals surface area (Å²) in [5.41, 5.74) is -0.333. The molecule has 2 unspecified atom stereocenters. The van der Waals surface area contributed by atoms with Crippen molar-refractivity contribution in [2.75, 3.05) is 13.2 Å². The monoisotopic (exact) mass is 432 g/mol. The minimum atomic E-state index is -1.09. The smallest absolute Gasteiger partial charge is 0.325 e. The largest absolute Gasteiger partial charge is 0.490 e. The average Bonchev–Trinajstić information content (AvgIpc) is 3.07. The van der Waals surface area contributed by atoms with Crippen LogP contribution in [0, 0.1) is 0 Å². The molecule has 2 atom stereocenters. The normalized spacial score (nSPS) is 19.2. The first kappa shape index (κ1) is 21.8. The van der Waals surface area contributed by atoms with Gasteiger partial charge in [0.25, 0.3) is 5.91 Å². The molecule has 0 radical (unpaired) electrons. The SMILES string of the molecule is CCCCC1(c2ccccc2)NC(=O)N(CC(O)COc2cccc3ccccc23)C1=O. The van der Waals surface area contributed by atoms with Gasteiger partial charge in [-0.3, -0.25) is 9.69 Å². The fourth-order valence-electron chi connectivity index (χ4n) is 4.24. The standard InChI is InChI=1S/C26H28N2O4/c1-2-3-16-26(20-12-5-4-6-13-20)24(30)28(25(31)27-26)17-21(29)18-32-23-15-9-11-19-10-7-8-14-22(19)23/h4-15,21,29H,2-3,16-18H2,1H3,(H,27,31). The molecule has 0 aliphatic carbocycles. The van der Waals surface area contributed by atoms with E-state index >= 15 is 0 Å². The van der Waals surface area contributed by atoms with E-state index in [1.807, 2.05) is 79.7 Å². The molecule has 32 heavy (non-hydrogen) atoms. The summed E-state index contributed by atoms with van der Waals surface area (Å²) >= 11 is 0. The average molecular weight is 433 g/mol. The molecule has 0 aromatic heterocycles. The number of nitrogens with zero attached hydrogens (tertiary/aromatic N) is 1. The summed E-state index contributed by atoms with van der Waals surface area (Å²) in [6.07, 6.45) is 1.19. The molecule has 1 aliphatic heterocycles. The zero-order valence-corrected chi connectivity index (χ0v) is 18.2. The summed E-state index contributed by atoms with van der Waals surface area (Å²) in [4.78, 5) is 27.3. The maximum absolute atomic E-state index is 13.4. The lowest BCUT2D eigenvalue weighted by molar-refractivity contribution is -0.133. The minimum Gasteiger partial charge on any atom is -0.490 e. The molecule has 1 heterocycles. The molecule has 1 aliphatic rings. The summed E-state index contributed by atoms with van der Waals surface area (Å²) in [6, 6.07) is 22.4. The van der Waals surface area contributed by atoms with Crippen molar-refractivity contribution < 1.29 is 19.4 Å². The van der Waals surface area contributed by atoms with E-state index in [0.717, 1.165) is 34.1 Å². The third-order valence-electron chi connectivity index (χ3n) is 5.92. The van der Waals surface area contributed by atoms with Crippen LogP contribution in [0.4, 0.5) is 4.79 Å². The number of nitrogens with one attached hydrogen (secondary N) is 1. The molecule has 3 aromatic carbocycles. The van der Waals surface area contributed by atoms with E-state index in [4.69, 9.17) is 4.74 Å². The van der Waals surface area contributed by atoms with Crippen LogP contribution in [0.25, 0.3) is 10.8 Å². The van der Waals surface area contributed by atoms with Crippen molar-refractivity contribution in [2.45, 2.75) is 37.8 Å². The Morgan fingerprint density at radius 3 is 2.50 bits per heavy atom. The van der Waals surface area contributed by atoms with Crippen molar-refractivity contribution in [3.63, 3.8) is 0 Å². The molecule has 1 fully saturated rings. The number of benzene rings is 3. The van der Waals surface area contributed by atoms with Crippen molar-refractivity contribution in [1.29, 1.82) is 0 Å². The number of urea groups is 1. The molecular formula is C26H28N2O4. The lowest BCUT2D eigenvalue weighted by Gasteiger charge is -2.27. The number of rotatable bonds is 9. The number of unbranched alkanes of at least 4 members (excludes halogenated alkanes) is 1. The van der Waals surface area contributed by atoms with Gasteiger partial charge in [-0.25, -0.2) is 4.79 Å². The Kier molecular flexibility index (Phi) is 6.42. The first-order valence-electron chi connectivity index (χ1n) is 11.0. The topological polar surface area (TPSA) is 78.9 Å². The van der Waals surface area contributed by atoms with Gasteiger partial charge in [0.15, 0.2) is 0 Å². The van der Waals surface area contributed by atoms with Gasteiger partial charge in [0.05, 0.1) is 6.54 Å². The Balaban J connectivity index is 1.47. The third-order valence-corrected chi connectivity index (χ3v) is 5.92. The highest BCUT2D eigenvalue weighted by molar-refractivity contribution is 6.07. The molecule has 2 N–H and O–H groups in total. The predicted molar refractivity (Wildman–Crippen MR) is 123 cm³/mol. The maximum Gasteiger partial charge on any atom is 0.325 e. The van der Waals surface area contributed by atoms with Crippen molar-refractivity contribution in [1.82, 2.24) is 10.2 Å². The van der Waals surface area contributed by atoms with E-state index in [2.05, 4.69) is 5.32 Å². The quantitative estimate of drug-likeness (QED) is 0.497. The molecule has 4 rings (SSSR count).